The Balaban J connectivity index is 1.56. The molecule has 4 rings (SSSR count). The lowest BCUT2D eigenvalue weighted by atomic mass is 10.1. The number of tetrazole rings is 1. The lowest BCUT2D eigenvalue weighted by molar-refractivity contribution is -0.118. The van der Waals surface area contributed by atoms with Crippen LogP contribution >= 0.6 is 11.8 Å². The minimum absolute atomic E-state index is 0.00578. The number of nitrogens with zero attached hydrogens (tertiary/aromatic N) is 5. The summed E-state index contributed by atoms with van der Waals surface area (Å²) in [5, 5.41) is 11.7. The second-order valence-electron chi connectivity index (χ2n) is 6.50. The minimum Gasteiger partial charge on any atom is -0.308 e. The van der Waals surface area contributed by atoms with E-state index in [-0.39, 0.29) is 17.8 Å². The predicted molar refractivity (Wildman–Crippen MR) is 102 cm³/mol. The number of carbonyl (C=O) groups excluding carboxylic acids is 1. The molecule has 0 unspecified atom stereocenters. The maximum absolute atomic E-state index is 13.5. The van der Waals surface area contributed by atoms with E-state index in [1.165, 1.54) is 34.1 Å². The van der Waals surface area contributed by atoms with E-state index in [0.717, 1.165) is 12.1 Å². The van der Waals surface area contributed by atoms with Crippen LogP contribution in [0.1, 0.15) is 19.4 Å². The Labute approximate surface area is 160 Å². The molecule has 0 saturated carbocycles. The summed E-state index contributed by atoms with van der Waals surface area (Å²) >= 11 is 1.26. The van der Waals surface area contributed by atoms with Crippen LogP contribution < -0.4 is 4.90 Å². The Hall–Kier alpha value is -2.74. The van der Waals surface area contributed by atoms with Crippen LogP contribution in [0.15, 0.2) is 53.7 Å². The van der Waals surface area contributed by atoms with Crippen LogP contribution in [-0.4, -0.2) is 37.4 Å². The zero-order chi connectivity index (χ0) is 19.0. The number of halogens is 1. The second-order valence-corrected chi connectivity index (χ2v) is 7.81. The molecule has 0 fully saturated rings. The number of hydrogen-bond acceptors (Lipinski definition) is 5. The second kappa shape index (κ2) is 7.11. The van der Waals surface area contributed by atoms with E-state index in [9.17, 15) is 9.18 Å². The van der Waals surface area contributed by atoms with Crippen molar-refractivity contribution in [3.63, 3.8) is 0 Å². The molecule has 0 radical (unpaired) electrons. The first-order valence-corrected chi connectivity index (χ1v) is 9.54. The predicted octanol–water partition coefficient (Wildman–Crippen LogP) is 3.26. The average molecular weight is 383 g/mol. The number of aromatic nitrogens is 4. The van der Waals surface area contributed by atoms with E-state index >= 15 is 0 Å². The average Bonchev–Trinajstić information content (AvgIpc) is 3.24. The molecule has 138 valence electrons. The highest BCUT2D eigenvalue weighted by atomic mass is 32.2. The maximum atomic E-state index is 13.5. The molecule has 6 nitrogen and oxygen atoms in total. The fourth-order valence-corrected chi connectivity index (χ4v) is 4.18. The summed E-state index contributed by atoms with van der Waals surface area (Å²) in [4.78, 5) is 15.0. The molecule has 8 heteroatoms. The van der Waals surface area contributed by atoms with E-state index in [4.69, 9.17) is 0 Å². The molecule has 1 amide bonds. The molecule has 0 N–H and O–H groups in total. The Morgan fingerprint density at radius 3 is 2.89 bits per heavy atom. The van der Waals surface area contributed by atoms with Crippen LogP contribution in [0, 0.1) is 5.82 Å². The molecule has 27 heavy (non-hydrogen) atoms. The van der Waals surface area contributed by atoms with Gasteiger partial charge in [0.2, 0.25) is 11.1 Å². The van der Waals surface area contributed by atoms with Gasteiger partial charge >= 0.3 is 0 Å². The first-order valence-electron chi connectivity index (χ1n) is 8.66. The third kappa shape index (κ3) is 3.32. The highest BCUT2D eigenvalue weighted by molar-refractivity contribution is 8.00. The highest BCUT2D eigenvalue weighted by Crippen LogP contribution is 2.34. The zero-order valence-corrected chi connectivity index (χ0v) is 15.7. The van der Waals surface area contributed by atoms with Crippen molar-refractivity contribution in [1.29, 1.82) is 0 Å². The topological polar surface area (TPSA) is 63.9 Å². The van der Waals surface area contributed by atoms with Gasteiger partial charge in [-0.2, -0.15) is 4.68 Å². The van der Waals surface area contributed by atoms with Crippen molar-refractivity contribution in [2.24, 2.45) is 0 Å². The summed E-state index contributed by atoms with van der Waals surface area (Å²) in [6.07, 6.45) is 0.848. The van der Waals surface area contributed by atoms with Crippen molar-refractivity contribution in [2.45, 2.75) is 36.7 Å². The number of rotatable bonds is 4. The van der Waals surface area contributed by atoms with E-state index < -0.39 is 5.25 Å². The van der Waals surface area contributed by atoms with Crippen LogP contribution in [0.2, 0.25) is 0 Å². The number of fused-ring (bicyclic) bond motifs is 1. The number of para-hydroxylation sites is 1. The van der Waals surface area contributed by atoms with Crippen LogP contribution in [0.25, 0.3) is 5.69 Å². The van der Waals surface area contributed by atoms with E-state index in [1.54, 1.807) is 12.1 Å². The van der Waals surface area contributed by atoms with E-state index in [1.807, 2.05) is 36.9 Å². The molecule has 1 aliphatic heterocycles. The maximum Gasteiger partial charge on any atom is 0.240 e. The van der Waals surface area contributed by atoms with Gasteiger partial charge in [-0.1, -0.05) is 36.0 Å². The highest BCUT2D eigenvalue weighted by Gasteiger charge is 2.34. The standard InChI is InChI=1S/C19H18FN5OS/c1-12-10-14-6-3-4-9-17(14)24(12)18(26)13(2)27-19-21-22-23-25(19)16-8-5-7-15(20)11-16/h3-9,11-13H,10H2,1-2H3/t12-,13+/m0/s1. The Morgan fingerprint density at radius 1 is 1.26 bits per heavy atom. The van der Waals surface area contributed by atoms with Gasteiger partial charge in [0, 0.05) is 11.7 Å². The van der Waals surface area contributed by atoms with Crippen LogP contribution in [0.3, 0.4) is 0 Å². The molecule has 2 heterocycles. The van der Waals surface area contributed by atoms with Crippen molar-refractivity contribution >= 4 is 23.4 Å². The third-order valence-corrected chi connectivity index (χ3v) is 5.59. The van der Waals surface area contributed by atoms with Gasteiger partial charge in [-0.15, -0.1) is 5.10 Å². The van der Waals surface area contributed by atoms with Crippen molar-refractivity contribution in [1.82, 2.24) is 20.2 Å². The fraction of sp³-hybridized carbons (Fsp3) is 0.263. The Morgan fingerprint density at radius 2 is 2.07 bits per heavy atom. The van der Waals surface area contributed by atoms with Crippen molar-refractivity contribution in [3.8, 4) is 5.69 Å². The monoisotopic (exact) mass is 383 g/mol. The largest absolute Gasteiger partial charge is 0.308 e. The molecule has 0 aliphatic carbocycles. The van der Waals surface area contributed by atoms with Gasteiger partial charge in [0.25, 0.3) is 0 Å². The van der Waals surface area contributed by atoms with Gasteiger partial charge in [0.05, 0.1) is 10.9 Å². The van der Waals surface area contributed by atoms with Crippen molar-refractivity contribution in [3.05, 3.63) is 59.9 Å². The van der Waals surface area contributed by atoms with E-state index in [2.05, 4.69) is 21.6 Å². The normalized spacial score (nSPS) is 17.0. The molecular weight excluding hydrogens is 365 g/mol. The van der Waals surface area contributed by atoms with Gasteiger partial charge in [-0.25, -0.2) is 4.39 Å². The lowest BCUT2D eigenvalue weighted by Crippen LogP contribution is -2.40. The van der Waals surface area contributed by atoms with Crippen LogP contribution in [-0.2, 0) is 11.2 Å². The quantitative estimate of drug-likeness (QED) is 0.647. The molecular formula is C19H18FN5OS. The number of hydrogen-bond donors (Lipinski definition) is 0. The zero-order valence-electron chi connectivity index (χ0n) is 14.9. The van der Waals surface area contributed by atoms with Gasteiger partial charge in [-0.3, -0.25) is 4.79 Å². The van der Waals surface area contributed by atoms with Gasteiger partial charge in [-0.05, 0) is 60.5 Å². The molecule has 0 saturated heterocycles. The summed E-state index contributed by atoms with van der Waals surface area (Å²) < 4.78 is 15.0. The molecule has 2 atom stereocenters. The van der Waals surface area contributed by atoms with Gasteiger partial charge in [0.1, 0.15) is 5.82 Å². The van der Waals surface area contributed by atoms with Crippen molar-refractivity contribution < 1.29 is 9.18 Å². The summed E-state index contributed by atoms with van der Waals surface area (Å²) in [7, 11) is 0. The number of anilines is 1. The molecule has 1 aromatic heterocycles. The summed E-state index contributed by atoms with van der Waals surface area (Å²) in [5.41, 5.74) is 2.66. The molecule has 0 spiro atoms. The SMILES string of the molecule is C[C@@H](Sc1nnnn1-c1cccc(F)c1)C(=O)N1c2ccccc2C[C@@H]1C. The van der Waals surface area contributed by atoms with Gasteiger partial charge in [0.15, 0.2) is 0 Å². The van der Waals surface area contributed by atoms with Crippen LogP contribution in [0.4, 0.5) is 10.1 Å². The summed E-state index contributed by atoms with van der Waals surface area (Å²) in [6, 6.07) is 14.1. The molecule has 1 aliphatic rings. The fourth-order valence-electron chi connectivity index (χ4n) is 3.33. The molecule has 3 aromatic rings. The first kappa shape index (κ1) is 17.7. The number of benzene rings is 2. The summed E-state index contributed by atoms with van der Waals surface area (Å²) in [5.74, 6) is -0.364. The lowest BCUT2D eigenvalue weighted by Gasteiger charge is -2.25. The number of amides is 1. The molecule has 2 aromatic carbocycles. The van der Waals surface area contributed by atoms with Gasteiger partial charge < -0.3 is 4.90 Å². The smallest absolute Gasteiger partial charge is 0.240 e. The molecule has 0 bridgehead atoms. The van der Waals surface area contributed by atoms with E-state index in [0.29, 0.717) is 10.8 Å². The minimum atomic E-state index is -0.392. The first-order chi connectivity index (χ1) is 13.0. The third-order valence-electron chi connectivity index (χ3n) is 4.57. The Kier molecular flexibility index (Phi) is 4.65. The number of thioether (sulfide) groups is 1. The Bertz CT molecular complexity index is 991. The van der Waals surface area contributed by atoms with Crippen LogP contribution in [0.5, 0.6) is 0 Å². The summed E-state index contributed by atoms with van der Waals surface area (Å²) in [6.45, 7) is 3.89. The van der Waals surface area contributed by atoms with Crippen molar-refractivity contribution in [2.75, 3.05) is 4.90 Å². The number of carbonyl (C=O) groups is 1.